The maximum atomic E-state index is 3.70. The number of hydrogen-bond acceptors (Lipinski definition) is 2. The quantitative estimate of drug-likeness (QED) is 0.807. The van der Waals surface area contributed by atoms with Crippen molar-refractivity contribution in [3.63, 3.8) is 0 Å². The highest BCUT2D eigenvalue weighted by molar-refractivity contribution is 4.85. The van der Waals surface area contributed by atoms with Crippen molar-refractivity contribution in [1.82, 2.24) is 10.2 Å². The van der Waals surface area contributed by atoms with E-state index in [9.17, 15) is 0 Å². The van der Waals surface area contributed by atoms with Gasteiger partial charge in [-0.25, -0.2) is 0 Å². The van der Waals surface area contributed by atoms with Crippen molar-refractivity contribution >= 4 is 0 Å². The molecule has 3 rings (SSSR count). The van der Waals surface area contributed by atoms with E-state index in [1.54, 1.807) is 0 Å². The summed E-state index contributed by atoms with van der Waals surface area (Å²) in [6.45, 7) is 7.83. The largest absolute Gasteiger partial charge is 0.314 e. The lowest BCUT2D eigenvalue weighted by molar-refractivity contribution is 0.205. The minimum Gasteiger partial charge on any atom is -0.314 e. The first kappa shape index (κ1) is 12.9. The van der Waals surface area contributed by atoms with E-state index >= 15 is 0 Å². The average Bonchev–Trinajstić information content (AvgIpc) is 3.10. The monoisotopic (exact) mass is 250 g/mol. The predicted molar refractivity (Wildman–Crippen MR) is 76.7 cm³/mol. The summed E-state index contributed by atoms with van der Waals surface area (Å²) in [6, 6.07) is 0.888. The number of nitrogens with zero attached hydrogens (tertiary/aromatic N) is 1. The first-order chi connectivity index (χ1) is 8.79. The molecule has 104 valence electrons. The second-order valence-corrected chi connectivity index (χ2v) is 7.22. The molecule has 0 amide bonds. The van der Waals surface area contributed by atoms with E-state index in [2.05, 4.69) is 17.1 Å². The number of hydrogen-bond donors (Lipinski definition) is 1. The second-order valence-electron chi connectivity index (χ2n) is 7.22. The SMILES string of the molecule is CC1CCC(CN2CCC(CNC3CC3)C2)CC1. The Kier molecular flexibility index (Phi) is 4.25. The van der Waals surface area contributed by atoms with E-state index in [1.807, 2.05) is 0 Å². The van der Waals surface area contributed by atoms with Gasteiger partial charge in [0.2, 0.25) is 0 Å². The summed E-state index contributed by atoms with van der Waals surface area (Å²) in [5.74, 6) is 2.94. The summed E-state index contributed by atoms with van der Waals surface area (Å²) in [6.07, 6.45) is 10.2. The van der Waals surface area contributed by atoms with Gasteiger partial charge in [0.05, 0.1) is 0 Å². The standard InChI is InChI=1S/C16H30N2/c1-13-2-4-14(5-3-13)11-18-9-8-15(12-18)10-17-16-6-7-16/h13-17H,2-12H2,1H3. The number of rotatable bonds is 5. The fourth-order valence-corrected chi connectivity index (χ4v) is 3.74. The molecule has 1 N–H and O–H groups in total. The number of nitrogens with one attached hydrogen (secondary N) is 1. The van der Waals surface area contributed by atoms with Crippen molar-refractivity contribution in [2.45, 2.75) is 57.9 Å². The van der Waals surface area contributed by atoms with Gasteiger partial charge in [-0.05, 0) is 62.9 Å². The molecule has 0 spiro atoms. The molecule has 1 unspecified atom stereocenters. The molecule has 0 aromatic carbocycles. The summed E-state index contributed by atoms with van der Waals surface area (Å²) in [4.78, 5) is 2.75. The van der Waals surface area contributed by atoms with Gasteiger partial charge in [-0.3, -0.25) is 0 Å². The summed E-state index contributed by atoms with van der Waals surface area (Å²) in [5.41, 5.74) is 0. The van der Waals surface area contributed by atoms with Crippen molar-refractivity contribution < 1.29 is 0 Å². The third-order valence-corrected chi connectivity index (χ3v) is 5.29. The Morgan fingerprint density at radius 2 is 1.72 bits per heavy atom. The maximum Gasteiger partial charge on any atom is 0.00683 e. The smallest absolute Gasteiger partial charge is 0.00683 e. The first-order valence-electron chi connectivity index (χ1n) is 8.25. The minimum absolute atomic E-state index is 0.888. The first-order valence-corrected chi connectivity index (χ1v) is 8.25. The summed E-state index contributed by atoms with van der Waals surface area (Å²) in [5, 5.41) is 3.70. The van der Waals surface area contributed by atoms with Crippen LogP contribution in [-0.4, -0.2) is 37.1 Å². The van der Waals surface area contributed by atoms with Crippen LogP contribution < -0.4 is 5.32 Å². The van der Waals surface area contributed by atoms with Gasteiger partial charge in [-0.1, -0.05) is 19.8 Å². The highest BCUT2D eigenvalue weighted by atomic mass is 15.2. The van der Waals surface area contributed by atoms with Gasteiger partial charge >= 0.3 is 0 Å². The van der Waals surface area contributed by atoms with E-state index in [4.69, 9.17) is 0 Å². The van der Waals surface area contributed by atoms with Crippen LogP contribution in [0.4, 0.5) is 0 Å². The van der Waals surface area contributed by atoms with Crippen LogP contribution in [0, 0.1) is 17.8 Å². The fourth-order valence-electron chi connectivity index (χ4n) is 3.74. The van der Waals surface area contributed by atoms with E-state index in [-0.39, 0.29) is 0 Å². The average molecular weight is 250 g/mol. The molecular weight excluding hydrogens is 220 g/mol. The zero-order valence-corrected chi connectivity index (χ0v) is 12.0. The summed E-state index contributed by atoms with van der Waals surface area (Å²) in [7, 11) is 0. The van der Waals surface area contributed by atoms with Crippen molar-refractivity contribution in [2.75, 3.05) is 26.2 Å². The topological polar surface area (TPSA) is 15.3 Å². The Hall–Kier alpha value is -0.0800. The van der Waals surface area contributed by atoms with Crippen LogP contribution in [0.2, 0.25) is 0 Å². The molecule has 2 nitrogen and oxygen atoms in total. The molecule has 0 aromatic rings. The van der Waals surface area contributed by atoms with E-state index in [0.717, 1.165) is 23.8 Å². The molecule has 1 atom stereocenters. The molecule has 18 heavy (non-hydrogen) atoms. The predicted octanol–water partition coefficient (Wildman–Crippen LogP) is 2.89. The van der Waals surface area contributed by atoms with Crippen LogP contribution in [0.1, 0.15) is 51.9 Å². The van der Waals surface area contributed by atoms with Crippen molar-refractivity contribution in [2.24, 2.45) is 17.8 Å². The highest BCUT2D eigenvalue weighted by Gasteiger charge is 2.28. The molecule has 3 fully saturated rings. The maximum absolute atomic E-state index is 3.70. The summed E-state index contributed by atoms with van der Waals surface area (Å²) >= 11 is 0. The molecule has 0 bridgehead atoms. The number of likely N-dealkylation sites (tertiary alicyclic amines) is 1. The van der Waals surface area contributed by atoms with Crippen molar-refractivity contribution in [3.05, 3.63) is 0 Å². The van der Waals surface area contributed by atoms with Gasteiger partial charge in [0, 0.05) is 19.1 Å². The Balaban J connectivity index is 1.33. The molecular formula is C16H30N2. The molecule has 0 aromatic heterocycles. The van der Waals surface area contributed by atoms with Crippen LogP contribution in [0.5, 0.6) is 0 Å². The highest BCUT2D eigenvalue weighted by Crippen LogP contribution is 2.30. The molecule has 2 saturated carbocycles. The molecule has 1 aliphatic heterocycles. The van der Waals surface area contributed by atoms with Crippen LogP contribution in [0.3, 0.4) is 0 Å². The van der Waals surface area contributed by atoms with Gasteiger partial charge in [-0.15, -0.1) is 0 Å². The van der Waals surface area contributed by atoms with Gasteiger partial charge < -0.3 is 10.2 Å². The zero-order valence-electron chi connectivity index (χ0n) is 12.0. The van der Waals surface area contributed by atoms with Crippen LogP contribution >= 0.6 is 0 Å². The molecule has 2 heteroatoms. The van der Waals surface area contributed by atoms with E-state index in [0.29, 0.717) is 0 Å². The lowest BCUT2D eigenvalue weighted by Gasteiger charge is -2.29. The molecule has 1 heterocycles. The third kappa shape index (κ3) is 3.71. The van der Waals surface area contributed by atoms with E-state index in [1.165, 1.54) is 71.1 Å². The Morgan fingerprint density at radius 3 is 2.44 bits per heavy atom. The van der Waals surface area contributed by atoms with Crippen LogP contribution in [0.15, 0.2) is 0 Å². The van der Waals surface area contributed by atoms with Gasteiger partial charge in [0.1, 0.15) is 0 Å². The van der Waals surface area contributed by atoms with Crippen molar-refractivity contribution in [1.29, 1.82) is 0 Å². The van der Waals surface area contributed by atoms with E-state index < -0.39 is 0 Å². The fraction of sp³-hybridized carbons (Fsp3) is 1.00. The molecule has 2 aliphatic carbocycles. The van der Waals surface area contributed by atoms with Gasteiger partial charge in [0.25, 0.3) is 0 Å². The normalized spacial score (nSPS) is 38.2. The third-order valence-electron chi connectivity index (χ3n) is 5.29. The van der Waals surface area contributed by atoms with Gasteiger partial charge in [0.15, 0.2) is 0 Å². The van der Waals surface area contributed by atoms with Crippen LogP contribution in [0.25, 0.3) is 0 Å². The van der Waals surface area contributed by atoms with Gasteiger partial charge in [-0.2, -0.15) is 0 Å². The Labute approximate surface area is 113 Å². The lowest BCUT2D eigenvalue weighted by atomic mass is 9.83. The molecule has 3 aliphatic rings. The zero-order chi connectivity index (χ0) is 12.4. The van der Waals surface area contributed by atoms with Crippen molar-refractivity contribution in [3.8, 4) is 0 Å². The van der Waals surface area contributed by atoms with Crippen LogP contribution in [-0.2, 0) is 0 Å². The molecule has 0 radical (unpaired) electrons. The second kappa shape index (κ2) is 5.92. The molecule has 1 saturated heterocycles. The minimum atomic E-state index is 0.888. The Morgan fingerprint density at radius 1 is 0.944 bits per heavy atom. The Bertz CT molecular complexity index is 254. The summed E-state index contributed by atoms with van der Waals surface area (Å²) < 4.78 is 0. The lowest BCUT2D eigenvalue weighted by Crippen LogP contribution is -2.31.